The van der Waals surface area contributed by atoms with Crippen molar-refractivity contribution >= 4 is 44.1 Å². The van der Waals surface area contributed by atoms with E-state index in [4.69, 9.17) is 4.74 Å². The maximum atomic E-state index is 13.3. The first-order chi connectivity index (χ1) is 16.5. The Kier molecular flexibility index (Phi) is 5.63. The monoisotopic (exact) mass is 470 g/mol. The number of ketones is 1. The number of rotatable bonds is 5. The van der Waals surface area contributed by atoms with Crippen molar-refractivity contribution in [3.8, 4) is 5.75 Å². The van der Waals surface area contributed by atoms with Gasteiger partial charge in [0, 0.05) is 5.56 Å². The summed E-state index contributed by atoms with van der Waals surface area (Å²) in [6.45, 7) is 4.39. The molecule has 4 aromatic rings. The van der Waals surface area contributed by atoms with Crippen LogP contribution in [0.15, 0.2) is 78.4 Å². The number of Topliss-reactive ketones (excluding diaryl/α,β-unsaturated/α-hetero) is 1. The van der Waals surface area contributed by atoms with Gasteiger partial charge >= 0.3 is 5.91 Å². The molecule has 0 saturated carbocycles. The number of ether oxygens (including phenoxy) is 1. The molecule has 170 valence electrons. The number of anilines is 1. The molecule has 0 radical (unpaired) electrons. The van der Waals surface area contributed by atoms with Crippen LogP contribution in [0.5, 0.6) is 5.75 Å². The van der Waals surface area contributed by atoms with Crippen molar-refractivity contribution < 1.29 is 19.4 Å². The molecule has 7 heteroatoms. The summed E-state index contributed by atoms with van der Waals surface area (Å²) in [4.78, 5) is 32.6. The second kappa shape index (κ2) is 8.76. The Morgan fingerprint density at radius 2 is 1.79 bits per heavy atom. The molecule has 3 aromatic carbocycles. The van der Waals surface area contributed by atoms with Gasteiger partial charge in [-0.15, -0.1) is 0 Å². The smallest absolute Gasteiger partial charge is 0.301 e. The Morgan fingerprint density at radius 1 is 1.06 bits per heavy atom. The number of aromatic nitrogens is 1. The van der Waals surface area contributed by atoms with E-state index >= 15 is 0 Å². The predicted molar refractivity (Wildman–Crippen MR) is 133 cm³/mol. The van der Waals surface area contributed by atoms with E-state index in [1.807, 2.05) is 74.5 Å². The molecule has 6 nitrogen and oxygen atoms in total. The fourth-order valence-electron chi connectivity index (χ4n) is 4.10. The first-order valence-corrected chi connectivity index (χ1v) is 11.8. The number of carbonyl (C=O) groups is 2. The third kappa shape index (κ3) is 3.74. The normalized spacial score (nSPS) is 17.5. The topological polar surface area (TPSA) is 79.7 Å². The van der Waals surface area contributed by atoms with Crippen LogP contribution in [0.25, 0.3) is 16.0 Å². The SMILES string of the molecule is CCOc1ccc2nc(N3C(=O)C(=O)/C(=C(/O)c4ccc(C)cc4)[C@H]3c3ccccc3)sc2c1. The summed E-state index contributed by atoms with van der Waals surface area (Å²) in [7, 11) is 0. The molecule has 0 spiro atoms. The van der Waals surface area contributed by atoms with Gasteiger partial charge in [0.15, 0.2) is 5.13 Å². The molecule has 2 heterocycles. The molecule has 0 bridgehead atoms. The maximum Gasteiger partial charge on any atom is 0.301 e. The number of carbonyl (C=O) groups excluding carboxylic acids is 2. The lowest BCUT2D eigenvalue weighted by molar-refractivity contribution is -0.132. The molecule has 1 atom stereocenters. The quantitative estimate of drug-likeness (QED) is 0.232. The summed E-state index contributed by atoms with van der Waals surface area (Å²) < 4.78 is 6.43. The van der Waals surface area contributed by atoms with Crippen molar-refractivity contribution in [3.05, 3.63) is 95.1 Å². The molecule has 0 aliphatic carbocycles. The Balaban J connectivity index is 1.68. The molecule has 1 fully saturated rings. The number of thiazole rings is 1. The highest BCUT2D eigenvalue weighted by Crippen LogP contribution is 2.44. The van der Waals surface area contributed by atoms with Gasteiger partial charge in [-0.05, 0) is 37.6 Å². The minimum Gasteiger partial charge on any atom is -0.507 e. The van der Waals surface area contributed by atoms with Gasteiger partial charge in [-0.1, -0.05) is 71.5 Å². The number of benzene rings is 3. The molecule has 0 unspecified atom stereocenters. The number of amides is 1. The Morgan fingerprint density at radius 3 is 2.50 bits per heavy atom. The molecular weight excluding hydrogens is 448 g/mol. The summed E-state index contributed by atoms with van der Waals surface area (Å²) in [5.41, 5.74) is 2.97. The number of aryl methyl sites for hydroxylation is 1. The van der Waals surface area contributed by atoms with Crippen LogP contribution < -0.4 is 9.64 Å². The summed E-state index contributed by atoms with van der Waals surface area (Å²) in [6, 6.07) is 21.2. The van der Waals surface area contributed by atoms with Crippen LogP contribution in [0.3, 0.4) is 0 Å². The molecule has 1 aliphatic heterocycles. The lowest BCUT2D eigenvalue weighted by Gasteiger charge is -2.22. The number of hydrogen-bond donors (Lipinski definition) is 1. The van der Waals surface area contributed by atoms with E-state index in [0.717, 1.165) is 10.3 Å². The number of nitrogens with zero attached hydrogens (tertiary/aromatic N) is 2. The minimum absolute atomic E-state index is 0.0503. The maximum absolute atomic E-state index is 13.3. The van der Waals surface area contributed by atoms with Crippen molar-refractivity contribution in [2.45, 2.75) is 19.9 Å². The van der Waals surface area contributed by atoms with Crippen molar-refractivity contribution in [2.75, 3.05) is 11.5 Å². The average molecular weight is 471 g/mol. The van der Waals surface area contributed by atoms with E-state index in [0.29, 0.717) is 34.1 Å². The standard InChI is InChI=1S/C27H22N2O4S/c1-3-33-19-13-14-20-21(15-19)34-27(28-20)29-23(17-7-5-4-6-8-17)22(25(31)26(29)32)24(30)18-11-9-16(2)10-12-18/h4-15,23,30H,3H2,1-2H3/b24-22+/t23-/m1/s1. The van der Waals surface area contributed by atoms with E-state index in [-0.39, 0.29) is 11.3 Å². The average Bonchev–Trinajstić information content (AvgIpc) is 3.38. The van der Waals surface area contributed by atoms with Crippen molar-refractivity contribution in [3.63, 3.8) is 0 Å². The van der Waals surface area contributed by atoms with Crippen LogP contribution in [0.4, 0.5) is 5.13 Å². The van der Waals surface area contributed by atoms with E-state index in [1.165, 1.54) is 16.2 Å². The Bertz CT molecular complexity index is 1420. The van der Waals surface area contributed by atoms with Gasteiger partial charge < -0.3 is 9.84 Å². The van der Waals surface area contributed by atoms with Crippen LogP contribution in [-0.4, -0.2) is 28.4 Å². The molecule has 1 amide bonds. The number of aliphatic hydroxyl groups is 1. The van der Waals surface area contributed by atoms with Gasteiger partial charge in [0.05, 0.1) is 28.4 Å². The summed E-state index contributed by atoms with van der Waals surface area (Å²) in [6.07, 6.45) is 0. The van der Waals surface area contributed by atoms with Gasteiger partial charge in [0.25, 0.3) is 5.78 Å². The second-order valence-corrected chi connectivity index (χ2v) is 9.01. The largest absolute Gasteiger partial charge is 0.507 e. The molecule has 5 rings (SSSR count). The highest BCUT2D eigenvalue weighted by Gasteiger charge is 2.48. The molecule has 1 saturated heterocycles. The van der Waals surface area contributed by atoms with E-state index in [2.05, 4.69) is 4.98 Å². The van der Waals surface area contributed by atoms with Crippen LogP contribution in [0, 0.1) is 6.92 Å². The first-order valence-electron chi connectivity index (χ1n) is 10.9. The zero-order valence-corrected chi connectivity index (χ0v) is 19.5. The highest BCUT2D eigenvalue weighted by atomic mass is 32.1. The summed E-state index contributed by atoms with van der Waals surface area (Å²) >= 11 is 1.31. The van der Waals surface area contributed by atoms with Crippen LogP contribution in [0.2, 0.25) is 0 Å². The first kappa shape index (κ1) is 21.9. The van der Waals surface area contributed by atoms with Gasteiger partial charge in [-0.25, -0.2) is 4.98 Å². The van der Waals surface area contributed by atoms with Crippen molar-refractivity contribution in [1.29, 1.82) is 0 Å². The number of hydrogen-bond acceptors (Lipinski definition) is 6. The summed E-state index contributed by atoms with van der Waals surface area (Å²) in [5, 5.41) is 11.6. The highest BCUT2D eigenvalue weighted by molar-refractivity contribution is 7.22. The molecule has 1 N–H and O–H groups in total. The lowest BCUT2D eigenvalue weighted by Crippen LogP contribution is -2.29. The lowest BCUT2D eigenvalue weighted by atomic mass is 9.95. The van der Waals surface area contributed by atoms with Crippen LogP contribution >= 0.6 is 11.3 Å². The third-order valence-corrected chi connectivity index (χ3v) is 6.77. The van der Waals surface area contributed by atoms with E-state index in [9.17, 15) is 14.7 Å². The van der Waals surface area contributed by atoms with Gasteiger partial charge in [0.2, 0.25) is 0 Å². The Hall–Kier alpha value is -3.97. The van der Waals surface area contributed by atoms with Crippen molar-refractivity contribution in [2.24, 2.45) is 0 Å². The molecule has 34 heavy (non-hydrogen) atoms. The van der Waals surface area contributed by atoms with E-state index < -0.39 is 17.7 Å². The Labute approximate surface area is 200 Å². The van der Waals surface area contributed by atoms with Crippen molar-refractivity contribution in [1.82, 2.24) is 4.98 Å². The minimum atomic E-state index is -0.797. The zero-order valence-electron chi connectivity index (χ0n) is 18.7. The fraction of sp³-hybridized carbons (Fsp3) is 0.148. The van der Waals surface area contributed by atoms with E-state index in [1.54, 1.807) is 12.1 Å². The fourth-order valence-corrected chi connectivity index (χ4v) is 5.12. The van der Waals surface area contributed by atoms with Crippen LogP contribution in [-0.2, 0) is 9.59 Å². The number of fused-ring (bicyclic) bond motifs is 1. The van der Waals surface area contributed by atoms with Gasteiger partial charge in [-0.3, -0.25) is 14.5 Å². The zero-order chi connectivity index (χ0) is 23.8. The molecule has 1 aromatic heterocycles. The van der Waals surface area contributed by atoms with Gasteiger partial charge in [0.1, 0.15) is 11.5 Å². The predicted octanol–water partition coefficient (Wildman–Crippen LogP) is 5.63. The molecule has 1 aliphatic rings. The molecular formula is C27H22N2O4S. The summed E-state index contributed by atoms with van der Waals surface area (Å²) in [5.74, 6) is -0.937. The van der Waals surface area contributed by atoms with Crippen LogP contribution in [0.1, 0.15) is 29.7 Å². The third-order valence-electron chi connectivity index (χ3n) is 5.75. The second-order valence-electron chi connectivity index (χ2n) is 8.00. The van der Waals surface area contributed by atoms with Gasteiger partial charge in [-0.2, -0.15) is 0 Å². The number of aliphatic hydroxyl groups excluding tert-OH is 1.